The van der Waals surface area contributed by atoms with Gasteiger partial charge in [0.25, 0.3) is 0 Å². The van der Waals surface area contributed by atoms with Crippen molar-refractivity contribution < 1.29 is 0 Å². The summed E-state index contributed by atoms with van der Waals surface area (Å²) in [4.78, 5) is 9.07. The number of pyridine rings is 1. The molecule has 4 rings (SSSR count). The zero-order valence-electron chi connectivity index (χ0n) is 11.3. The van der Waals surface area contributed by atoms with Crippen molar-refractivity contribution in [2.75, 3.05) is 0 Å². The summed E-state index contributed by atoms with van der Waals surface area (Å²) >= 11 is 0. The molecule has 0 aliphatic rings. The molecule has 0 radical (unpaired) electrons. The Labute approximate surface area is 121 Å². The van der Waals surface area contributed by atoms with Gasteiger partial charge in [-0.15, -0.1) is 0 Å². The van der Waals surface area contributed by atoms with Crippen molar-refractivity contribution in [1.82, 2.24) is 19.6 Å². The van der Waals surface area contributed by atoms with E-state index in [2.05, 4.69) is 33.8 Å². The van der Waals surface area contributed by atoms with E-state index >= 15 is 0 Å². The first-order chi connectivity index (χ1) is 10.3. The lowest BCUT2D eigenvalue weighted by molar-refractivity contribution is 0.937. The highest BCUT2D eigenvalue weighted by Crippen LogP contribution is 2.25. The molecule has 4 aromatic rings. The molecule has 0 atom stereocenters. The molecule has 100 valence electrons. The standard InChI is InChI=1S/C17H12N4/c1-2-14-7-8-21-17(20-14)15(11-19-21)13-9-12-5-3-4-6-16(12)18-10-13/h2-11H,1H2. The number of fused-ring (bicyclic) bond motifs is 2. The molecule has 3 heterocycles. The van der Waals surface area contributed by atoms with Gasteiger partial charge in [0.05, 0.1) is 17.4 Å². The molecule has 0 bridgehead atoms. The van der Waals surface area contributed by atoms with E-state index in [4.69, 9.17) is 0 Å². The van der Waals surface area contributed by atoms with Crippen LogP contribution in [0.2, 0.25) is 0 Å². The van der Waals surface area contributed by atoms with Crippen molar-refractivity contribution in [1.29, 1.82) is 0 Å². The van der Waals surface area contributed by atoms with E-state index in [1.807, 2.05) is 42.9 Å². The maximum absolute atomic E-state index is 4.56. The fraction of sp³-hybridized carbons (Fsp3) is 0. The lowest BCUT2D eigenvalue weighted by Gasteiger charge is -2.02. The van der Waals surface area contributed by atoms with E-state index in [9.17, 15) is 0 Å². The predicted molar refractivity (Wildman–Crippen MR) is 83.8 cm³/mol. The van der Waals surface area contributed by atoms with Gasteiger partial charge in [0, 0.05) is 28.9 Å². The molecule has 0 spiro atoms. The van der Waals surface area contributed by atoms with E-state index in [1.165, 1.54) is 0 Å². The van der Waals surface area contributed by atoms with Crippen LogP contribution in [0.3, 0.4) is 0 Å². The summed E-state index contributed by atoms with van der Waals surface area (Å²) in [5.41, 5.74) is 4.61. The second kappa shape index (κ2) is 4.52. The molecule has 4 heteroatoms. The van der Waals surface area contributed by atoms with Crippen LogP contribution in [0.1, 0.15) is 5.69 Å². The molecular formula is C17H12N4. The van der Waals surface area contributed by atoms with Crippen LogP contribution in [0.4, 0.5) is 0 Å². The number of hydrogen-bond acceptors (Lipinski definition) is 3. The topological polar surface area (TPSA) is 43.1 Å². The molecule has 0 aliphatic carbocycles. The fourth-order valence-corrected chi connectivity index (χ4v) is 2.42. The van der Waals surface area contributed by atoms with Gasteiger partial charge in [-0.25, -0.2) is 9.50 Å². The maximum Gasteiger partial charge on any atom is 0.163 e. The van der Waals surface area contributed by atoms with Crippen LogP contribution in [-0.2, 0) is 0 Å². The molecule has 4 nitrogen and oxygen atoms in total. The van der Waals surface area contributed by atoms with Crippen molar-refractivity contribution >= 4 is 22.6 Å². The first-order valence-electron chi connectivity index (χ1n) is 6.67. The molecule has 0 unspecified atom stereocenters. The molecule has 0 saturated carbocycles. The fourth-order valence-electron chi connectivity index (χ4n) is 2.42. The lowest BCUT2D eigenvalue weighted by atomic mass is 10.1. The Kier molecular flexibility index (Phi) is 2.54. The summed E-state index contributed by atoms with van der Waals surface area (Å²) in [6.45, 7) is 3.76. The van der Waals surface area contributed by atoms with E-state index in [0.29, 0.717) is 0 Å². The van der Waals surface area contributed by atoms with E-state index < -0.39 is 0 Å². The first kappa shape index (κ1) is 11.8. The number of hydrogen-bond donors (Lipinski definition) is 0. The Hall–Kier alpha value is -3.01. The predicted octanol–water partition coefficient (Wildman–Crippen LogP) is 3.59. The maximum atomic E-state index is 4.56. The second-order valence-corrected chi connectivity index (χ2v) is 4.80. The Morgan fingerprint density at radius 2 is 2.00 bits per heavy atom. The highest BCUT2D eigenvalue weighted by atomic mass is 15.2. The number of para-hydroxylation sites is 1. The summed E-state index contributed by atoms with van der Waals surface area (Å²) in [7, 11) is 0. The SMILES string of the molecule is C=Cc1ccn2ncc(-c3cnc4ccccc4c3)c2n1. The highest BCUT2D eigenvalue weighted by Gasteiger charge is 2.09. The second-order valence-electron chi connectivity index (χ2n) is 4.80. The Bertz CT molecular complexity index is 969. The van der Waals surface area contributed by atoms with Gasteiger partial charge in [-0.05, 0) is 24.3 Å². The number of aromatic nitrogens is 4. The normalized spacial score (nSPS) is 11.0. The molecule has 0 saturated heterocycles. The zero-order valence-corrected chi connectivity index (χ0v) is 11.3. The summed E-state index contributed by atoms with van der Waals surface area (Å²) < 4.78 is 1.76. The minimum atomic E-state index is 0.810. The molecule has 3 aromatic heterocycles. The van der Waals surface area contributed by atoms with Gasteiger partial charge in [0.1, 0.15) is 0 Å². The van der Waals surface area contributed by atoms with E-state index in [0.717, 1.165) is 33.4 Å². The van der Waals surface area contributed by atoms with Gasteiger partial charge in [-0.2, -0.15) is 5.10 Å². The smallest absolute Gasteiger partial charge is 0.163 e. The number of rotatable bonds is 2. The molecule has 0 N–H and O–H groups in total. The number of benzene rings is 1. The highest BCUT2D eigenvalue weighted by molar-refractivity contribution is 5.86. The van der Waals surface area contributed by atoms with Crippen molar-refractivity contribution in [2.24, 2.45) is 0 Å². The van der Waals surface area contributed by atoms with Crippen LogP contribution in [0.25, 0.3) is 33.8 Å². The molecular weight excluding hydrogens is 260 g/mol. The summed E-state index contributed by atoms with van der Waals surface area (Å²) in [6, 6.07) is 12.1. The summed E-state index contributed by atoms with van der Waals surface area (Å²) in [6.07, 6.45) is 7.30. The van der Waals surface area contributed by atoms with Gasteiger partial charge < -0.3 is 0 Å². The van der Waals surface area contributed by atoms with Crippen LogP contribution in [0, 0.1) is 0 Å². The van der Waals surface area contributed by atoms with Crippen molar-refractivity contribution in [3.05, 3.63) is 67.3 Å². The van der Waals surface area contributed by atoms with Crippen molar-refractivity contribution in [3.8, 4) is 11.1 Å². The Balaban J connectivity index is 1.96. The Morgan fingerprint density at radius 1 is 1.10 bits per heavy atom. The van der Waals surface area contributed by atoms with E-state index in [-0.39, 0.29) is 0 Å². The van der Waals surface area contributed by atoms with Crippen LogP contribution >= 0.6 is 0 Å². The molecule has 21 heavy (non-hydrogen) atoms. The van der Waals surface area contributed by atoms with Gasteiger partial charge >= 0.3 is 0 Å². The van der Waals surface area contributed by atoms with Crippen LogP contribution in [0.15, 0.2) is 61.6 Å². The monoisotopic (exact) mass is 272 g/mol. The molecule has 0 aliphatic heterocycles. The largest absolute Gasteiger partial charge is 0.256 e. The first-order valence-corrected chi connectivity index (χ1v) is 6.67. The minimum Gasteiger partial charge on any atom is -0.256 e. The average molecular weight is 272 g/mol. The third-order valence-corrected chi connectivity index (χ3v) is 3.50. The van der Waals surface area contributed by atoms with E-state index in [1.54, 1.807) is 10.6 Å². The summed E-state index contributed by atoms with van der Waals surface area (Å²) in [5.74, 6) is 0. The minimum absolute atomic E-state index is 0.810. The average Bonchev–Trinajstić information content (AvgIpc) is 2.97. The van der Waals surface area contributed by atoms with Crippen LogP contribution < -0.4 is 0 Å². The Morgan fingerprint density at radius 3 is 2.90 bits per heavy atom. The van der Waals surface area contributed by atoms with Gasteiger partial charge in [0.15, 0.2) is 5.65 Å². The lowest BCUT2D eigenvalue weighted by Crippen LogP contribution is -1.92. The van der Waals surface area contributed by atoms with Gasteiger partial charge in [-0.3, -0.25) is 4.98 Å². The molecule has 0 amide bonds. The van der Waals surface area contributed by atoms with Crippen LogP contribution in [0.5, 0.6) is 0 Å². The van der Waals surface area contributed by atoms with Gasteiger partial charge in [-0.1, -0.05) is 24.8 Å². The quantitative estimate of drug-likeness (QED) is 0.560. The van der Waals surface area contributed by atoms with Gasteiger partial charge in [0.2, 0.25) is 0 Å². The third-order valence-electron chi connectivity index (χ3n) is 3.50. The molecule has 1 aromatic carbocycles. The zero-order chi connectivity index (χ0) is 14.2. The van der Waals surface area contributed by atoms with Crippen molar-refractivity contribution in [2.45, 2.75) is 0 Å². The van der Waals surface area contributed by atoms with Crippen LogP contribution in [-0.4, -0.2) is 19.6 Å². The summed E-state index contributed by atoms with van der Waals surface area (Å²) in [5, 5.41) is 5.45. The molecule has 0 fully saturated rings. The number of nitrogens with zero attached hydrogens (tertiary/aromatic N) is 4. The van der Waals surface area contributed by atoms with Crippen molar-refractivity contribution in [3.63, 3.8) is 0 Å². The third kappa shape index (κ3) is 1.89.